The van der Waals surface area contributed by atoms with E-state index in [1.807, 2.05) is 0 Å². The van der Waals surface area contributed by atoms with Gasteiger partial charge in [0.15, 0.2) is 0 Å². The molecule has 0 aliphatic heterocycles. The SMILES string of the molecule is CC1=C(C)C(C)([SiH](C)c2ccccc2)C(CC(C)(C)N)=C1C. The largest absolute Gasteiger partial charge is 0.325 e. The molecule has 1 aromatic carbocycles. The smallest absolute Gasteiger partial charge is 0.0828 e. The van der Waals surface area contributed by atoms with E-state index in [4.69, 9.17) is 5.73 Å². The second-order valence-electron chi connectivity index (χ2n) is 7.85. The molecule has 1 aliphatic carbocycles. The molecule has 22 heavy (non-hydrogen) atoms. The summed E-state index contributed by atoms with van der Waals surface area (Å²) in [4.78, 5) is 0. The quantitative estimate of drug-likeness (QED) is 0.824. The van der Waals surface area contributed by atoms with Crippen molar-refractivity contribution < 1.29 is 0 Å². The zero-order valence-corrected chi connectivity index (χ0v) is 16.4. The summed E-state index contributed by atoms with van der Waals surface area (Å²) in [5, 5.41) is 1.74. The molecule has 0 amide bonds. The maximum absolute atomic E-state index is 6.39. The van der Waals surface area contributed by atoms with Gasteiger partial charge in [-0.1, -0.05) is 60.1 Å². The first-order valence-electron chi connectivity index (χ1n) is 8.31. The van der Waals surface area contributed by atoms with Crippen LogP contribution < -0.4 is 10.9 Å². The average molecular weight is 314 g/mol. The molecule has 2 N–H and O–H groups in total. The molecule has 0 saturated heterocycles. The Balaban J connectivity index is 2.53. The summed E-state index contributed by atoms with van der Waals surface area (Å²) in [6, 6.07) is 11.1. The minimum absolute atomic E-state index is 0.159. The van der Waals surface area contributed by atoms with Crippen molar-refractivity contribution in [3.63, 3.8) is 0 Å². The first kappa shape index (κ1) is 17.2. The van der Waals surface area contributed by atoms with E-state index in [1.54, 1.807) is 16.3 Å². The first-order valence-corrected chi connectivity index (χ1v) is 10.6. The molecule has 1 aliphatic rings. The lowest BCUT2D eigenvalue weighted by Gasteiger charge is -2.39. The normalized spacial score (nSPS) is 24.2. The Bertz CT molecular complexity index is 619. The highest BCUT2D eigenvalue weighted by molar-refractivity contribution is 6.76. The summed E-state index contributed by atoms with van der Waals surface area (Å²) in [6.07, 6.45) is 0.980. The zero-order chi connectivity index (χ0) is 16.7. The molecule has 0 saturated carbocycles. The Morgan fingerprint density at radius 2 is 1.59 bits per heavy atom. The highest BCUT2D eigenvalue weighted by Gasteiger charge is 2.44. The number of nitrogens with two attached hydrogens (primary N) is 1. The van der Waals surface area contributed by atoms with Crippen molar-refractivity contribution in [2.24, 2.45) is 5.73 Å². The Labute approximate surface area is 137 Å². The molecule has 1 aromatic rings. The molecule has 120 valence electrons. The van der Waals surface area contributed by atoms with E-state index >= 15 is 0 Å². The van der Waals surface area contributed by atoms with Gasteiger partial charge in [0.25, 0.3) is 0 Å². The Morgan fingerprint density at radius 3 is 2.09 bits per heavy atom. The lowest BCUT2D eigenvalue weighted by atomic mass is 9.86. The van der Waals surface area contributed by atoms with Crippen LogP contribution >= 0.6 is 0 Å². The predicted molar refractivity (Wildman–Crippen MR) is 101 cm³/mol. The van der Waals surface area contributed by atoms with Crippen LogP contribution in [-0.2, 0) is 0 Å². The van der Waals surface area contributed by atoms with Crippen molar-refractivity contribution >= 4 is 14.0 Å². The van der Waals surface area contributed by atoms with Gasteiger partial charge in [-0.25, -0.2) is 0 Å². The van der Waals surface area contributed by atoms with Crippen LogP contribution in [0.5, 0.6) is 0 Å². The number of rotatable bonds is 4. The van der Waals surface area contributed by atoms with Crippen LogP contribution in [0.4, 0.5) is 0 Å². The Morgan fingerprint density at radius 1 is 1.05 bits per heavy atom. The molecule has 2 atom stereocenters. The van der Waals surface area contributed by atoms with Crippen molar-refractivity contribution in [3.05, 3.63) is 52.6 Å². The van der Waals surface area contributed by atoms with Gasteiger partial charge in [0.1, 0.15) is 0 Å². The molecular weight excluding hydrogens is 282 g/mol. The van der Waals surface area contributed by atoms with Gasteiger partial charge in [0.05, 0.1) is 8.80 Å². The average Bonchev–Trinajstić information content (AvgIpc) is 2.62. The fraction of sp³-hybridized carbons (Fsp3) is 0.500. The highest BCUT2D eigenvalue weighted by Crippen LogP contribution is 2.56. The maximum atomic E-state index is 6.39. The Hall–Kier alpha value is -1.12. The van der Waals surface area contributed by atoms with Gasteiger partial charge in [-0.3, -0.25) is 0 Å². The minimum atomic E-state index is -1.18. The van der Waals surface area contributed by atoms with Crippen molar-refractivity contribution in [2.45, 2.75) is 65.1 Å². The van der Waals surface area contributed by atoms with Gasteiger partial charge in [-0.2, -0.15) is 0 Å². The lowest BCUT2D eigenvalue weighted by Crippen LogP contribution is -2.42. The number of allylic oxidation sites excluding steroid dienone is 3. The summed E-state index contributed by atoms with van der Waals surface area (Å²) < 4.78 is 0. The van der Waals surface area contributed by atoms with Crippen molar-refractivity contribution in [1.82, 2.24) is 0 Å². The fourth-order valence-corrected chi connectivity index (χ4v) is 7.12. The molecule has 2 heteroatoms. The van der Waals surface area contributed by atoms with E-state index in [1.165, 1.54) is 11.1 Å². The maximum Gasteiger partial charge on any atom is 0.0828 e. The van der Waals surface area contributed by atoms with Gasteiger partial charge >= 0.3 is 0 Å². The van der Waals surface area contributed by atoms with Gasteiger partial charge in [0, 0.05) is 10.6 Å². The zero-order valence-electron chi connectivity index (χ0n) is 15.2. The van der Waals surface area contributed by atoms with Gasteiger partial charge in [0.2, 0.25) is 0 Å². The van der Waals surface area contributed by atoms with Crippen molar-refractivity contribution in [1.29, 1.82) is 0 Å². The topological polar surface area (TPSA) is 26.0 Å². The van der Waals surface area contributed by atoms with E-state index in [2.05, 4.69) is 78.4 Å². The monoisotopic (exact) mass is 313 g/mol. The van der Waals surface area contributed by atoms with E-state index < -0.39 is 8.80 Å². The lowest BCUT2D eigenvalue weighted by molar-refractivity contribution is 0.496. The molecule has 1 nitrogen and oxygen atoms in total. The van der Waals surface area contributed by atoms with Crippen LogP contribution in [0.25, 0.3) is 0 Å². The predicted octanol–water partition coefficient (Wildman–Crippen LogP) is 4.30. The first-order chi connectivity index (χ1) is 10.1. The summed E-state index contributed by atoms with van der Waals surface area (Å²) in [6.45, 7) is 16.2. The van der Waals surface area contributed by atoms with Crippen molar-refractivity contribution in [3.8, 4) is 0 Å². The second kappa shape index (κ2) is 5.82. The van der Waals surface area contributed by atoms with E-state index in [0.717, 1.165) is 6.42 Å². The molecule has 0 spiro atoms. The summed E-state index contributed by atoms with van der Waals surface area (Å²) in [5.74, 6) is 0. The standard InChI is InChI=1S/C20H31NSi/c1-14-15(2)18(13-19(4,5)21)20(6,16(14)3)22(7)17-11-9-8-10-12-17/h8-12,22H,13,21H2,1-7H3. The molecule has 0 fully saturated rings. The number of hydrogen-bond acceptors (Lipinski definition) is 1. The molecule has 0 aromatic heterocycles. The van der Waals surface area contributed by atoms with E-state index in [0.29, 0.717) is 0 Å². The highest BCUT2D eigenvalue weighted by atomic mass is 28.3. The summed E-state index contributed by atoms with van der Waals surface area (Å²) in [7, 11) is -1.18. The van der Waals surface area contributed by atoms with Crippen LogP contribution in [-0.4, -0.2) is 14.3 Å². The van der Waals surface area contributed by atoms with Crippen LogP contribution in [0.3, 0.4) is 0 Å². The molecule has 2 rings (SSSR count). The molecule has 0 radical (unpaired) electrons. The van der Waals surface area contributed by atoms with Gasteiger partial charge in [-0.15, -0.1) is 0 Å². The van der Waals surface area contributed by atoms with E-state index in [-0.39, 0.29) is 10.6 Å². The molecule has 0 bridgehead atoms. The van der Waals surface area contributed by atoms with Crippen LogP contribution in [0.1, 0.15) is 48.0 Å². The molecular formula is C20H31NSi. The second-order valence-corrected chi connectivity index (χ2v) is 11.1. The van der Waals surface area contributed by atoms with Crippen LogP contribution in [0.15, 0.2) is 52.6 Å². The van der Waals surface area contributed by atoms with Crippen molar-refractivity contribution in [2.75, 3.05) is 0 Å². The molecule has 0 heterocycles. The number of hydrogen-bond donors (Lipinski definition) is 1. The van der Waals surface area contributed by atoms with Crippen LogP contribution in [0.2, 0.25) is 11.6 Å². The Kier molecular flexibility index (Phi) is 4.56. The summed E-state index contributed by atoms with van der Waals surface area (Å²) >= 11 is 0. The number of benzene rings is 1. The van der Waals surface area contributed by atoms with Crippen LogP contribution in [0, 0.1) is 0 Å². The third kappa shape index (κ3) is 2.87. The summed E-state index contributed by atoms with van der Waals surface area (Å²) in [5.41, 5.74) is 12.3. The third-order valence-corrected chi connectivity index (χ3v) is 9.68. The van der Waals surface area contributed by atoms with Gasteiger partial charge < -0.3 is 5.73 Å². The van der Waals surface area contributed by atoms with Gasteiger partial charge in [-0.05, 0) is 52.2 Å². The molecule has 2 unspecified atom stereocenters. The minimum Gasteiger partial charge on any atom is -0.325 e. The fourth-order valence-electron chi connectivity index (χ4n) is 3.95. The third-order valence-electron chi connectivity index (χ3n) is 5.78. The van der Waals surface area contributed by atoms with E-state index in [9.17, 15) is 0 Å².